The summed E-state index contributed by atoms with van der Waals surface area (Å²) in [7, 11) is 0. The Morgan fingerprint density at radius 2 is 2.17 bits per heavy atom. The third-order valence-corrected chi connectivity index (χ3v) is 5.76. The summed E-state index contributed by atoms with van der Waals surface area (Å²) in [6, 6.07) is 10.5. The fourth-order valence-electron chi connectivity index (χ4n) is 3.22. The van der Waals surface area contributed by atoms with Crippen LogP contribution in [-0.4, -0.2) is 55.4 Å². The van der Waals surface area contributed by atoms with E-state index in [0.29, 0.717) is 19.0 Å². The number of benzene rings is 1. The number of amides is 1. The van der Waals surface area contributed by atoms with Crippen LogP contribution < -0.4 is 5.32 Å². The van der Waals surface area contributed by atoms with E-state index in [1.165, 1.54) is 11.3 Å². The molecule has 4 nitrogen and oxygen atoms in total. The van der Waals surface area contributed by atoms with Gasteiger partial charge in [-0.25, -0.2) is 0 Å². The van der Waals surface area contributed by atoms with Crippen LogP contribution >= 0.6 is 11.8 Å². The van der Waals surface area contributed by atoms with E-state index in [2.05, 4.69) is 40.5 Å². The second-order valence-corrected chi connectivity index (χ2v) is 7.55. The highest BCUT2D eigenvalue weighted by Gasteiger charge is 2.24. The van der Waals surface area contributed by atoms with Crippen LogP contribution in [0.4, 0.5) is 0 Å². The molecule has 0 aromatic heterocycles. The molecule has 2 aliphatic heterocycles. The maximum Gasteiger partial charge on any atom is 0.234 e. The van der Waals surface area contributed by atoms with E-state index in [0.717, 1.165) is 38.3 Å². The first-order chi connectivity index (χ1) is 11.3. The second-order valence-electron chi connectivity index (χ2n) is 6.45. The van der Waals surface area contributed by atoms with Crippen LogP contribution in [0.5, 0.6) is 0 Å². The predicted molar refractivity (Wildman–Crippen MR) is 93.7 cm³/mol. The molecule has 2 heterocycles. The smallest absolute Gasteiger partial charge is 0.234 e. The van der Waals surface area contributed by atoms with Crippen LogP contribution in [-0.2, 0) is 9.53 Å². The molecule has 2 aliphatic rings. The maximum absolute atomic E-state index is 12.0. The van der Waals surface area contributed by atoms with Crippen LogP contribution in [0.15, 0.2) is 35.2 Å². The topological polar surface area (TPSA) is 41.6 Å². The zero-order valence-electron chi connectivity index (χ0n) is 13.6. The van der Waals surface area contributed by atoms with E-state index in [-0.39, 0.29) is 12.0 Å². The number of carbonyl (C=O) groups is 1. The molecule has 1 amide bonds. The molecule has 126 valence electrons. The SMILES string of the molecule is O=C(CN1CCC(CSc2ccccc2)C1)NCC1CCCO1. The molecule has 2 unspecified atom stereocenters. The van der Waals surface area contributed by atoms with Gasteiger partial charge >= 0.3 is 0 Å². The minimum atomic E-state index is 0.136. The third kappa shape index (κ3) is 5.52. The van der Waals surface area contributed by atoms with Crippen molar-refractivity contribution in [3.05, 3.63) is 30.3 Å². The zero-order valence-corrected chi connectivity index (χ0v) is 14.4. The Hall–Kier alpha value is -1.04. The standard InChI is InChI=1S/C18H26N2O2S/c21-18(19-11-16-5-4-10-22-16)13-20-9-8-15(12-20)14-23-17-6-2-1-3-7-17/h1-3,6-7,15-16H,4-5,8-14H2,(H,19,21). The average molecular weight is 334 g/mol. The molecule has 23 heavy (non-hydrogen) atoms. The van der Waals surface area contributed by atoms with Gasteiger partial charge in [0.15, 0.2) is 0 Å². The van der Waals surface area contributed by atoms with Gasteiger partial charge in [0.2, 0.25) is 5.91 Å². The van der Waals surface area contributed by atoms with Gasteiger partial charge in [0.1, 0.15) is 0 Å². The number of nitrogens with one attached hydrogen (secondary N) is 1. The molecule has 2 atom stereocenters. The van der Waals surface area contributed by atoms with Crippen molar-refractivity contribution in [2.24, 2.45) is 5.92 Å². The van der Waals surface area contributed by atoms with Crippen LogP contribution in [0.1, 0.15) is 19.3 Å². The van der Waals surface area contributed by atoms with Crippen molar-refractivity contribution in [3.8, 4) is 0 Å². The molecular weight excluding hydrogens is 308 g/mol. The Bertz CT molecular complexity index is 491. The number of hydrogen-bond acceptors (Lipinski definition) is 4. The molecular formula is C18H26N2O2S. The summed E-state index contributed by atoms with van der Waals surface area (Å²) in [6.07, 6.45) is 3.61. The lowest BCUT2D eigenvalue weighted by atomic mass is 10.2. The largest absolute Gasteiger partial charge is 0.376 e. The molecule has 1 aromatic rings. The van der Waals surface area contributed by atoms with Crippen molar-refractivity contribution in [2.45, 2.75) is 30.3 Å². The lowest BCUT2D eigenvalue weighted by Crippen LogP contribution is -2.39. The van der Waals surface area contributed by atoms with Crippen molar-refractivity contribution in [1.82, 2.24) is 10.2 Å². The van der Waals surface area contributed by atoms with Gasteiger partial charge in [-0.2, -0.15) is 0 Å². The Balaban J connectivity index is 1.32. The van der Waals surface area contributed by atoms with Gasteiger partial charge in [0, 0.05) is 30.3 Å². The molecule has 1 aromatic carbocycles. The normalized spacial score (nSPS) is 24.9. The average Bonchev–Trinajstić information content (AvgIpc) is 3.24. The minimum Gasteiger partial charge on any atom is -0.376 e. The Labute approximate surface area is 143 Å². The van der Waals surface area contributed by atoms with E-state index in [9.17, 15) is 4.79 Å². The molecule has 2 saturated heterocycles. The van der Waals surface area contributed by atoms with E-state index in [1.807, 2.05) is 11.8 Å². The van der Waals surface area contributed by atoms with E-state index in [1.54, 1.807) is 0 Å². The minimum absolute atomic E-state index is 0.136. The fraction of sp³-hybridized carbons (Fsp3) is 0.611. The van der Waals surface area contributed by atoms with Gasteiger partial charge in [-0.1, -0.05) is 18.2 Å². The Kier molecular flexibility index (Phi) is 6.37. The number of nitrogens with zero attached hydrogens (tertiary/aromatic N) is 1. The monoisotopic (exact) mass is 334 g/mol. The molecule has 3 rings (SSSR count). The summed E-state index contributed by atoms with van der Waals surface area (Å²) in [4.78, 5) is 15.6. The zero-order chi connectivity index (χ0) is 15.9. The van der Waals surface area contributed by atoms with Crippen molar-refractivity contribution in [3.63, 3.8) is 0 Å². The number of thioether (sulfide) groups is 1. The summed E-state index contributed by atoms with van der Waals surface area (Å²) in [5, 5.41) is 3.01. The quantitative estimate of drug-likeness (QED) is 0.778. The van der Waals surface area contributed by atoms with Crippen molar-refractivity contribution in [2.75, 3.05) is 38.5 Å². The molecule has 0 radical (unpaired) electrons. The second kappa shape index (κ2) is 8.71. The first kappa shape index (κ1) is 16.8. The number of rotatable bonds is 7. The maximum atomic E-state index is 12.0. The Morgan fingerprint density at radius 3 is 2.96 bits per heavy atom. The molecule has 2 fully saturated rings. The highest BCUT2D eigenvalue weighted by Crippen LogP contribution is 2.25. The lowest BCUT2D eigenvalue weighted by Gasteiger charge is -2.17. The van der Waals surface area contributed by atoms with Crippen LogP contribution in [0.2, 0.25) is 0 Å². The third-order valence-electron chi connectivity index (χ3n) is 4.52. The van der Waals surface area contributed by atoms with Crippen molar-refractivity contribution >= 4 is 17.7 Å². The van der Waals surface area contributed by atoms with Gasteiger partial charge in [0.25, 0.3) is 0 Å². The highest BCUT2D eigenvalue weighted by molar-refractivity contribution is 7.99. The summed E-state index contributed by atoms with van der Waals surface area (Å²) >= 11 is 1.92. The van der Waals surface area contributed by atoms with E-state index in [4.69, 9.17) is 4.74 Å². The first-order valence-corrected chi connectivity index (χ1v) is 9.56. The summed E-state index contributed by atoms with van der Waals surface area (Å²) < 4.78 is 5.53. The predicted octanol–water partition coefficient (Wildman–Crippen LogP) is 2.40. The first-order valence-electron chi connectivity index (χ1n) is 8.58. The van der Waals surface area contributed by atoms with Crippen LogP contribution in [0, 0.1) is 5.92 Å². The number of ether oxygens (including phenoxy) is 1. The van der Waals surface area contributed by atoms with Gasteiger partial charge in [-0.05, 0) is 43.9 Å². The van der Waals surface area contributed by atoms with E-state index < -0.39 is 0 Å². The number of likely N-dealkylation sites (tertiary alicyclic amines) is 1. The molecule has 5 heteroatoms. The fourth-order valence-corrected chi connectivity index (χ4v) is 4.27. The number of carbonyl (C=O) groups excluding carboxylic acids is 1. The molecule has 0 spiro atoms. The molecule has 0 saturated carbocycles. The molecule has 1 N–H and O–H groups in total. The number of hydrogen-bond donors (Lipinski definition) is 1. The van der Waals surface area contributed by atoms with Gasteiger partial charge in [-0.15, -0.1) is 11.8 Å². The summed E-state index contributed by atoms with van der Waals surface area (Å²) in [5.74, 6) is 1.96. The summed E-state index contributed by atoms with van der Waals surface area (Å²) in [5.41, 5.74) is 0. The van der Waals surface area contributed by atoms with Crippen molar-refractivity contribution in [1.29, 1.82) is 0 Å². The Morgan fingerprint density at radius 1 is 1.30 bits per heavy atom. The van der Waals surface area contributed by atoms with Gasteiger partial charge < -0.3 is 10.1 Å². The summed E-state index contributed by atoms with van der Waals surface area (Å²) in [6.45, 7) is 4.10. The molecule has 0 aliphatic carbocycles. The van der Waals surface area contributed by atoms with Crippen LogP contribution in [0.25, 0.3) is 0 Å². The van der Waals surface area contributed by atoms with Crippen molar-refractivity contribution < 1.29 is 9.53 Å². The molecule has 0 bridgehead atoms. The van der Waals surface area contributed by atoms with Gasteiger partial charge in [-0.3, -0.25) is 9.69 Å². The highest BCUT2D eigenvalue weighted by atomic mass is 32.2. The lowest BCUT2D eigenvalue weighted by molar-refractivity contribution is -0.122. The van der Waals surface area contributed by atoms with Crippen LogP contribution in [0.3, 0.4) is 0 Å². The van der Waals surface area contributed by atoms with E-state index >= 15 is 0 Å². The van der Waals surface area contributed by atoms with Gasteiger partial charge in [0.05, 0.1) is 12.6 Å².